The van der Waals surface area contributed by atoms with Crippen molar-refractivity contribution < 1.29 is 17.9 Å². The number of aromatic nitrogens is 1. The molecule has 0 aliphatic carbocycles. The maximum atomic E-state index is 13.0. The first-order chi connectivity index (χ1) is 15.8. The number of benzene rings is 2. The fourth-order valence-corrected chi connectivity index (χ4v) is 7.32. The minimum Gasteiger partial charge on any atom is -0.383 e. The molecule has 0 bridgehead atoms. The molecule has 176 valence electrons. The maximum absolute atomic E-state index is 13.0. The number of thiazole rings is 1. The lowest BCUT2D eigenvalue weighted by Gasteiger charge is -2.32. The van der Waals surface area contributed by atoms with Crippen molar-refractivity contribution in [3.8, 4) is 0 Å². The highest BCUT2D eigenvalue weighted by molar-refractivity contribution is 9.10. The summed E-state index contributed by atoms with van der Waals surface area (Å²) in [5.41, 5.74) is 1.32. The van der Waals surface area contributed by atoms with Crippen LogP contribution >= 0.6 is 27.3 Å². The highest BCUT2D eigenvalue weighted by Gasteiger charge is 2.30. The van der Waals surface area contributed by atoms with Gasteiger partial charge in [-0.25, -0.2) is 8.42 Å². The molecule has 3 aromatic rings. The molecule has 7 nitrogen and oxygen atoms in total. The van der Waals surface area contributed by atoms with E-state index in [1.54, 1.807) is 11.4 Å². The Morgan fingerprint density at radius 2 is 1.97 bits per heavy atom. The second kappa shape index (κ2) is 10.2. The van der Waals surface area contributed by atoms with E-state index in [-0.39, 0.29) is 10.9 Å². The van der Waals surface area contributed by atoms with Crippen molar-refractivity contribution in [1.82, 2.24) is 8.87 Å². The number of ether oxygens (including phenoxy) is 1. The monoisotopic (exact) mass is 551 g/mol. The van der Waals surface area contributed by atoms with Crippen molar-refractivity contribution in [2.45, 2.75) is 43.7 Å². The third-order valence-electron chi connectivity index (χ3n) is 5.81. The first-order valence-electron chi connectivity index (χ1n) is 10.8. The molecule has 0 N–H and O–H groups in total. The SMILES string of the molecule is COCCn1c(=NC(=O)c2ccc(S(=O)(=O)N3CCCCC3C)cc2)sc2cc(Br)ccc21. The van der Waals surface area contributed by atoms with Crippen LogP contribution in [0.15, 0.2) is 56.8 Å². The summed E-state index contributed by atoms with van der Waals surface area (Å²) >= 11 is 4.91. The molecule has 0 spiro atoms. The predicted octanol–water partition coefficient (Wildman–Crippen LogP) is 4.42. The van der Waals surface area contributed by atoms with Gasteiger partial charge in [-0.05, 0) is 62.2 Å². The van der Waals surface area contributed by atoms with Gasteiger partial charge in [0.25, 0.3) is 5.91 Å². The van der Waals surface area contributed by atoms with E-state index >= 15 is 0 Å². The molecule has 0 saturated carbocycles. The number of piperidine rings is 1. The quantitative estimate of drug-likeness (QED) is 0.454. The second-order valence-electron chi connectivity index (χ2n) is 8.04. The molecule has 2 aromatic carbocycles. The third-order valence-corrected chi connectivity index (χ3v) is 9.37. The summed E-state index contributed by atoms with van der Waals surface area (Å²) in [5.74, 6) is -0.415. The largest absolute Gasteiger partial charge is 0.383 e. The molecule has 10 heteroatoms. The Balaban J connectivity index is 1.64. The van der Waals surface area contributed by atoms with Crippen LogP contribution < -0.4 is 4.80 Å². The number of amides is 1. The van der Waals surface area contributed by atoms with Gasteiger partial charge in [0.05, 0.1) is 21.7 Å². The van der Waals surface area contributed by atoms with Crippen LogP contribution in [-0.2, 0) is 21.3 Å². The van der Waals surface area contributed by atoms with E-state index in [9.17, 15) is 13.2 Å². The topological polar surface area (TPSA) is 81.0 Å². The summed E-state index contributed by atoms with van der Waals surface area (Å²) in [6, 6.07) is 12.0. The number of fused-ring (bicyclic) bond motifs is 1. The smallest absolute Gasteiger partial charge is 0.279 e. The molecule has 1 aliphatic rings. The van der Waals surface area contributed by atoms with Gasteiger partial charge in [-0.1, -0.05) is 33.7 Å². The molecule has 1 aliphatic heterocycles. The molecule has 1 amide bonds. The fraction of sp³-hybridized carbons (Fsp3) is 0.391. The van der Waals surface area contributed by atoms with Gasteiger partial charge in [0, 0.05) is 36.3 Å². The number of carbonyl (C=O) groups excluding carboxylic acids is 1. The lowest BCUT2D eigenvalue weighted by Crippen LogP contribution is -2.41. The van der Waals surface area contributed by atoms with E-state index in [4.69, 9.17) is 4.74 Å². The van der Waals surface area contributed by atoms with E-state index in [0.29, 0.717) is 30.1 Å². The van der Waals surface area contributed by atoms with E-state index in [2.05, 4.69) is 20.9 Å². The van der Waals surface area contributed by atoms with Crippen molar-refractivity contribution in [2.24, 2.45) is 4.99 Å². The zero-order valence-corrected chi connectivity index (χ0v) is 21.7. The highest BCUT2D eigenvalue weighted by atomic mass is 79.9. The lowest BCUT2D eigenvalue weighted by atomic mass is 10.1. The Kier molecular flexibility index (Phi) is 7.49. The number of hydrogen-bond acceptors (Lipinski definition) is 5. The lowest BCUT2D eigenvalue weighted by molar-refractivity contribution is 0.0997. The van der Waals surface area contributed by atoms with E-state index in [1.165, 1.54) is 35.6 Å². The molecule has 1 aromatic heterocycles. The third kappa shape index (κ3) is 5.14. The molecule has 1 fully saturated rings. The number of methoxy groups -OCH3 is 1. The van der Waals surface area contributed by atoms with Gasteiger partial charge in [0.15, 0.2) is 4.80 Å². The van der Waals surface area contributed by atoms with Crippen LogP contribution in [-0.4, -0.2) is 49.5 Å². The Labute approximate surface area is 205 Å². The van der Waals surface area contributed by atoms with E-state index in [0.717, 1.165) is 34.0 Å². The molecule has 2 heterocycles. The molecular formula is C23H26BrN3O4S2. The minimum absolute atomic E-state index is 0.0180. The van der Waals surface area contributed by atoms with Crippen LogP contribution in [0.3, 0.4) is 0 Å². The first kappa shape index (κ1) is 24.3. The maximum Gasteiger partial charge on any atom is 0.279 e. The molecule has 1 saturated heterocycles. The Morgan fingerprint density at radius 3 is 2.67 bits per heavy atom. The van der Waals surface area contributed by atoms with Crippen molar-refractivity contribution in [3.05, 3.63) is 57.3 Å². The van der Waals surface area contributed by atoms with Crippen LogP contribution in [0.5, 0.6) is 0 Å². The zero-order chi connectivity index (χ0) is 23.6. The Bertz CT molecular complexity index is 1330. The normalized spacial score (nSPS) is 18.2. The van der Waals surface area contributed by atoms with Crippen LogP contribution in [0.25, 0.3) is 10.2 Å². The number of nitrogens with zero attached hydrogens (tertiary/aromatic N) is 3. The van der Waals surface area contributed by atoms with E-state index in [1.807, 2.05) is 29.7 Å². The summed E-state index contributed by atoms with van der Waals surface area (Å²) in [6.07, 6.45) is 2.78. The van der Waals surface area contributed by atoms with Crippen LogP contribution in [0.2, 0.25) is 0 Å². The molecule has 0 radical (unpaired) electrons. The van der Waals surface area contributed by atoms with Gasteiger partial charge in [-0.3, -0.25) is 4.79 Å². The molecule has 1 atom stereocenters. The van der Waals surface area contributed by atoms with Crippen molar-refractivity contribution in [3.63, 3.8) is 0 Å². The number of hydrogen-bond donors (Lipinski definition) is 0. The summed E-state index contributed by atoms with van der Waals surface area (Å²) < 4.78 is 36.8. The van der Waals surface area contributed by atoms with Crippen molar-refractivity contribution in [2.75, 3.05) is 20.3 Å². The number of rotatable bonds is 6. The van der Waals surface area contributed by atoms with Crippen LogP contribution in [0, 0.1) is 0 Å². The van der Waals surface area contributed by atoms with Gasteiger partial charge in [-0.15, -0.1) is 0 Å². The summed E-state index contributed by atoms with van der Waals surface area (Å²) in [4.78, 5) is 18.1. The average molecular weight is 553 g/mol. The van der Waals surface area contributed by atoms with Gasteiger partial charge in [-0.2, -0.15) is 9.30 Å². The van der Waals surface area contributed by atoms with Gasteiger partial charge in [0.1, 0.15) is 0 Å². The van der Waals surface area contributed by atoms with E-state index < -0.39 is 15.9 Å². The summed E-state index contributed by atoms with van der Waals surface area (Å²) in [5, 5.41) is 0. The minimum atomic E-state index is -3.58. The van der Waals surface area contributed by atoms with Crippen LogP contribution in [0.1, 0.15) is 36.5 Å². The van der Waals surface area contributed by atoms with Crippen molar-refractivity contribution in [1.29, 1.82) is 0 Å². The van der Waals surface area contributed by atoms with Crippen LogP contribution in [0.4, 0.5) is 0 Å². The first-order valence-corrected chi connectivity index (χ1v) is 13.8. The van der Waals surface area contributed by atoms with Gasteiger partial charge >= 0.3 is 0 Å². The Hall–Kier alpha value is -1.85. The standard InChI is InChI=1S/C23H26BrN3O4S2/c1-16-5-3-4-12-27(16)33(29,30)19-9-6-17(7-10-19)22(28)25-23-26(13-14-31-2)20-11-8-18(24)15-21(20)32-23/h6-11,15-16H,3-5,12-14H2,1-2H3. The van der Waals surface area contributed by atoms with Gasteiger partial charge < -0.3 is 9.30 Å². The molecule has 1 unspecified atom stereocenters. The van der Waals surface area contributed by atoms with Gasteiger partial charge in [0.2, 0.25) is 10.0 Å². The number of halogens is 1. The predicted molar refractivity (Wildman–Crippen MR) is 133 cm³/mol. The number of carbonyl (C=O) groups is 1. The molecule has 4 rings (SSSR count). The average Bonchev–Trinajstić information content (AvgIpc) is 3.13. The summed E-state index contributed by atoms with van der Waals surface area (Å²) in [6.45, 7) is 3.53. The summed E-state index contributed by atoms with van der Waals surface area (Å²) in [7, 11) is -1.95. The second-order valence-corrected chi connectivity index (χ2v) is 11.9. The highest BCUT2D eigenvalue weighted by Crippen LogP contribution is 2.26. The fourth-order valence-electron chi connectivity index (χ4n) is 4.02. The number of sulfonamides is 1. The molecule has 33 heavy (non-hydrogen) atoms. The van der Waals surface area contributed by atoms with Crippen molar-refractivity contribution >= 4 is 53.4 Å². The zero-order valence-electron chi connectivity index (χ0n) is 18.5. The molecular weight excluding hydrogens is 526 g/mol. The Morgan fingerprint density at radius 1 is 1.21 bits per heavy atom.